The van der Waals surface area contributed by atoms with Gasteiger partial charge in [-0.1, -0.05) is 231 Å². The summed E-state index contributed by atoms with van der Waals surface area (Å²) in [5.74, 6) is 5.13. The minimum Gasteiger partial charge on any atom is -0.457 e. The third-order valence-corrected chi connectivity index (χ3v) is 22.0. The number of allylic oxidation sites excluding steroid dienone is 2. The van der Waals surface area contributed by atoms with E-state index >= 15 is 0 Å². The van der Waals surface area contributed by atoms with Gasteiger partial charge in [-0.05, 0) is 192 Å². The molecule has 8 nitrogen and oxygen atoms in total. The lowest BCUT2D eigenvalue weighted by molar-refractivity contribution is 0.436. The molecule has 4 unspecified atom stereocenters. The summed E-state index contributed by atoms with van der Waals surface area (Å²) in [6.07, 6.45) is 6.42. The van der Waals surface area contributed by atoms with Gasteiger partial charge in [-0.3, -0.25) is 9.56 Å². The Morgan fingerprint density at radius 1 is 0.379 bits per heavy atom. The van der Waals surface area contributed by atoms with Crippen molar-refractivity contribution in [3.63, 3.8) is 0 Å². The second kappa shape index (κ2) is 22.7. The maximum Gasteiger partial charge on any atom is 0.342 e. The third kappa shape index (κ3) is 8.76. The number of para-hydroxylation sites is 6. The van der Waals surface area contributed by atoms with Crippen molar-refractivity contribution >= 4 is 28.2 Å². The maximum absolute atomic E-state index is 6.96. The lowest BCUT2D eigenvalue weighted by Gasteiger charge is -2.39. The Bertz CT molecular complexity index is 6220. The van der Waals surface area contributed by atoms with Crippen LogP contribution in [0.15, 0.2) is 357 Å². The normalized spacial score (nSPS) is 17.8. The van der Waals surface area contributed by atoms with E-state index in [1.54, 1.807) is 0 Å². The van der Waals surface area contributed by atoms with Crippen LogP contribution in [0.5, 0.6) is 23.0 Å². The van der Waals surface area contributed by atoms with Crippen LogP contribution in [-0.4, -0.2) is 27.5 Å². The zero-order chi connectivity index (χ0) is 67.9. The van der Waals surface area contributed by atoms with Crippen molar-refractivity contribution in [1.29, 1.82) is 0 Å². The van der Waals surface area contributed by atoms with E-state index in [4.69, 9.17) is 30.0 Å². The SMILES string of the molecule is Nc1ccc(-c2ccc3c(c2)C2(c4ccccc4O3)c3ccccc3-c3ccc(C4=NC5C=CC=C([N+]#Cc6ccc(-c7ccc8c(c7)C7(c9ccccc9O8)c8ccccc8-c8ccc(-c9ccc(-c%10nc%11ccccc%11n%10-c%10ccccc%10)cc9)cc87)cc6)C5N4c4ccccc4)cc32)cc1. The van der Waals surface area contributed by atoms with Crippen molar-refractivity contribution in [3.8, 4) is 102 Å². The molecule has 0 fully saturated rings. The molecule has 21 rings (SSSR count). The summed E-state index contributed by atoms with van der Waals surface area (Å²) < 4.78 is 16.1. The van der Waals surface area contributed by atoms with E-state index in [1.807, 2.05) is 12.1 Å². The lowest BCUT2D eigenvalue weighted by Crippen LogP contribution is -2.41. The second-order valence-electron chi connectivity index (χ2n) is 27.4. The number of imidazole rings is 1. The molecule has 0 saturated carbocycles. The number of anilines is 2. The largest absolute Gasteiger partial charge is 0.457 e. The molecular weight excluding hydrogens is 1260 g/mol. The first-order valence-corrected chi connectivity index (χ1v) is 35.1. The first-order valence-electron chi connectivity index (χ1n) is 35.1. The summed E-state index contributed by atoms with van der Waals surface area (Å²) in [6.45, 7) is 0. The van der Waals surface area contributed by atoms with Gasteiger partial charge in [0.15, 0.2) is 6.04 Å². The van der Waals surface area contributed by atoms with Gasteiger partial charge in [0.2, 0.25) is 0 Å². The molecule has 103 heavy (non-hydrogen) atoms. The number of amidine groups is 1. The molecule has 0 bridgehead atoms. The average molecular weight is 1320 g/mol. The summed E-state index contributed by atoms with van der Waals surface area (Å²) in [4.78, 5) is 18.5. The van der Waals surface area contributed by atoms with Gasteiger partial charge in [-0.25, -0.2) is 4.98 Å². The van der Waals surface area contributed by atoms with E-state index in [1.165, 1.54) is 44.5 Å². The smallest absolute Gasteiger partial charge is 0.342 e. The van der Waals surface area contributed by atoms with Gasteiger partial charge in [-0.2, -0.15) is 0 Å². The molecule has 2 N–H and O–H groups in total. The number of nitrogens with zero attached hydrogens (tertiary/aromatic N) is 5. The fourth-order valence-corrected chi connectivity index (χ4v) is 17.5. The van der Waals surface area contributed by atoms with Crippen LogP contribution in [-0.2, 0) is 10.8 Å². The minimum absolute atomic E-state index is 0.223. The Morgan fingerprint density at radius 3 is 1.44 bits per heavy atom. The molecule has 8 heteroatoms. The Kier molecular flexibility index (Phi) is 12.9. The highest BCUT2D eigenvalue weighted by atomic mass is 16.5. The van der Waals surface area contributed by atoms with Crippen LogP contribution in [0.2, 0.25) is 0 Å². The Morgan fingerprint density at radius 2 is 0.825 bits per heavy atom. The van der Waals surface area contributed by atoms with E-state index in [9.17, 15) is 0 Å². The lowest BCUT2D eigenvalue weighted by atomic mass is 9.65. The summed E-state index contributed by atoms with van der Waals surface area (Å²) in [5, 5.41) is 0. The van der Waals surface area contributed by atoms with Crippen LogP contribution >= 0.6 is 0 Å². The Labute approximate surface area is 596 Å². The molecule has 0 saturated heterocycles. The number of hydrogen-bond acceptors (Lipinski definition) is 6. The van der Waals surface area contributed by atoms with Crippen molar-refractivity contribution in [3.05, 3.63) is 412 Å². The Hall–Kier alpha value is -13.6. The number of benzene rings is 14. The average Bonchev–Trinajstić information content (AvgIpc) is 1.56. The molecule has 4 atom stereocenters. The molecule has 2 spiro atoms. The van der Waals surface area contributed by atoms with Crippen LogP contribution in [0.3, 0.4) is 0 Å². The predicted octanol–water partition coefficient (Wildman–Crippen LogP) is 22.1. The van der Waals surface area contributed by atoms with E-state index in [-0.39, 0.29) is 12.1 Å². The van der Waals surface area contributed by atoms with Gasteiger partial charge in [0.25, 0.3) is 0 Å². The van der Waals surface area contributed by atoms with Gasteiger partial charge in [0.05, 0.1) is 21.9 Å². The van der Waals surface area contributed by atoms with Gasteiger partial charge in [-0.15, -0.1) is 0 Å². The molecule has 3 aliphatic heterocycles. The molecule has 4 heterocycles. The first kappa shape index (κ1) is 58.4. The van der Waals surface area contributed by atoms with Crippen molar-refractivity contribution in [2.24, 2.45) is 4.99 Å². The Balaban J connectivity index is 0.622. The van der Waals surface area contributed by atoms with E-state index in [2.05, 4.69) is 349 Å². The topological polar surface area (TPSA) is 82.3 Å². The molecular formula is C95H61N6O2+. The number of aliphatic imine (C=N–C) groups is 1. The molecule has 3 aliphatic carbocycles. The number of aromatic nitrogens is 2. The van der Waals surface area contributed by atoms with Crippen molar-refractivity contribution < 1.29 is 9.47 Å². The van der Waals surface area contributed by atoms with Crippen LogP contribution < -0.4 is 20.1 Å². The zero-order valence-electron chi connectivity index (χ0n) is 55.7. The van der Waals surface area contributed by atoms with Crippen LogP contribution in [0, 0.1) is 6.07 Å². The molecule has 6 aliphatic rings. The maximum atomic E-state index is 6.96. The standard InChI is InChI=1S/C95H61N6O2/c96-68-48-42-62(43-49-68)66-47-53-90-82(56-66)95(78-27-12-16-33-88(78)103-90)76-25-10-8-23-72(76)74-51-45-67(57-80(74)95)93-99-85-30-17-29-84(91(85)101(93)70-20-5-2-6-21-70)97-58-59-34-36-60(37-35-59)65-46-52-89-81(55-65)94(77-26-11-15-32-87(77)102-89)75-24-9-7-22-71(75)73-50-44-64(54-79(73)94)61-38-40-63(41-39-61)92-98-83-28-13-14-31-86(83)100(92)69-18-3-1-4-19-69/h1-57,85,91H,96H2/q+1. The fraction of sp³-hybridized carbons (Fsp3) is 0.0421. The van der Waals surface area contributed by atoms with Gasteiger partial charge < -0.3 is 20.1 Å². The predicted molar refractivity (Wildman–Crippen MR) is 415 cm³/mol. The van der Waals surface area contributed by atoms with Gasteiger partial charge in [0.1, 0.15) is 46.3 Å². The monoisotopic (exact) mass is 1320 g/mol. The van der Waals surface area contributed by atoms with Crippen LogP contribution in [0.1, 0.15) is 55.6 Å². The highest BCUT2D eigenvalue weighted by Crippen LogP contribution is 2.65. The number of nitrogens with two attached hydrogens (primary N) is 1. The highest BCUT2D eigenvalue weighted by molar-refractivity contribution is 6.13. The molecule has 0 amide bonds. The zero-order valence-corrected chi connectivity index (χ0v) is 55.7. The minimum atomic E-state index is -0.718. The molecule has 482 valence electrons. The van der Waals surface area contributed by atoms with E-state index < -0.39 is 10.8 Å². The van der Waals surface area contributed by atoms with Crippen molar-refractivity contribution in [1.82, 2.24) is 9.55 Å². The van der Waals surface area contributed by atoms with Crippen molar-refractivity contribution in [2.75, 3.05) is 10.6 Å². The van der Waals surface area contributed by atoms with Crippen molar-refractivity contribution in [2.45, 2.75) is 22.9 Å². The first-order chi connectivity index (χ1) is 50.9. The summed E-state index contributed by atoms with van der Waals surface area (Å²) in [6, 6.07) is 120. The third-order valence-electron chi connectivity index (χ3n) is 22.0. The molecule has 14 aromatic carbocycles. The second-order valence-corrected chi connectivity index (χ2v) is 27.4. The molecule has 1 aromatic heterocycles. The summed E-state index contributed by atoms with van der Waals surface area (Å²) in [5.41, 5.74) is 34.1. The molecule has 15 aromatic rings. The van der Waals surface area contributed by atoms with Crippen LogP contribution in [0.25, 0.3) is 88.6 Å². The number of nitrogen functional groups attached to an aromatic ring is 1. The molecule has 0 radical (unpaired) electrons. The van der Waals surface area contributed by atoms with Gasteiger partial charge in [0, 0.05) is 56.5 Å². The number of rotatable bonds is 7. The highest BCUT2D eigenvalue weighted by Gasteiger charge is 2.54. The van der Waals surface area contributed by atoms with Crippen LogP contribution in [0.4, 0.5) is 11.4 Å². The number of hydrogen-bond donors (Lipinski definition) is 1. The fourth-order valence-electron chi connectivity index (χ4n) is 17.5. The number of ether oxygens (including phenoxy) is 2. The quantitative estimate of drug-likeness (QED) is 0.161. The van der Waals surface area contributed by atoms with E-state index in [0.717, 1.165) is 141 Å². The van der Waals surface area contributed by atoms with Gasteiger partial charge >= 0.3 is 11.8 Å². The van der Waals surface area contributed by atoms with E-state index in [0.29, 0.717) is 0 Å². The summed E-state index contributed by atoms with van der Waals surface area (Å²) >= 11 is 0. The number of fused-ring (bicyclic) bond motifs is 20. The summed E-state index contributed by atoms with van der Waals surface area (Å²) in [7, 11) is 0.